The lowest BCUT2D eigenvalue weighted by atomic mass is 10.0. The van der Waals surface area contributed by atoms with Crippen LogP contribution in [0.25, 0.3) is 22.2 Å². The van der Waals surface area contributed by atoms with Crippen LogP contribution >= 0.6 is 11.6 Å². The normalized spacial score (nSPS) is 11.1. The van der Waals surface area contributed by atoms with Gasteiger partial charge < -0.3 is 5.11 Å². The minimum atomic E-state index is -0.370. The van der Waals surface area contributed by atoms with E-state index in [1.807, 2.05) is 36.4 Å². The summed E-state index contributed by atoms with van der Waals surface area (Å²) in [6.45, 7) is 0. The quantitative estimate of drug-likeness (QED) is 0.372. The second-order valence-corrected chi connectivity index (χ2v) is 6.77. The monoisotopic (exact) mass is 401 g/mol. The van der Waals surface area contributed by atoms with Gasteiger partial charge in [0, 0.05) is 21.5 Å². The van der Waals surface area contributed by atoms with Crippen LogP contribution < -0.4 is 5.43 Å². The van der Waals surface area contributed by atoms with Crippen LogP contribution in [0.3, 0.4) is 0 Å². The number of phenolic OH excluding ortho intramolecular Hbond substituents is 1. The van der Waals surface area contributed by atoms with E-state index in [2.05, 4.69) is 15.5 Å². The fourth-order valence-corrected chi connectivity index (χ4v) is 3.08. The molecule has 5 nitrogen and oxygen atoms in total. The van der Waals surface area contributed by atoms with E-state index in [1.54, 1.807) is 42.5 Å². The Morgan fingerprint density at radius 3 is 2.52 bits per heavy atom. The minimum absolute atomic E-state index is 0.0879. The maximum atomic E-state index is 12.8. The number of aromatic hydroxyl groups is 1. The van der Waals surface area contributed by atoms with Gasteiger partial charge in [0.05, 0.1) is 23.0 Å². The molecule has 142 valence electrons. The summed E-state index contributed by atoms with van der Waals surface area (Å²) in [6.07, 6.45) is 1.40. The van der Waals surface area contributed by atoms with Gasteiger partial charge in [-0.3, -0.25) is 4.79 Å². The number of aromatic nitrogens is 1. The first-order chi connectivity index (χ1) is 14.1. The van der Waals surface area contributed by atoms with E-state index in [4.69, 9.17) is 11.6 Å². The number of amides is 1. The molecular formula is C23H16ClN3O2. The minimum Gasteiger partial charge on any atom is -0.507 e. The Hall–Kier alpha value is -3.70. The Kier molecular flexibility index (Phi) is 5.22. The van der Waals surface area contributed by atoms with Gasteiger partial charge in [0.2, 0.25) is 0 Å². The van der Waals surface area contributed by atoms with Crippen molar-refractivity contribution >= 4 is 34.6 Å². The van der Waals surface area contributed by atoms with Crippen LogP contribution in [0.5, 0.6) is 5.75 Å². The zero-order valence-corrected chi connectivity index (χ0v) is 16.0. The highest BCUT2D eigenvalue weighted by molar-refractivity contribution is 6.30. The molecule has 0 aliphatic rings. The lowest BCUT2D eigenvalue weighted by Gasteiger charge is -2.09. The summed E-state index contributed by atoms with van der Waals surface area (Å²) in [5, 5.41) is 15.1. The highest BCUT2D eigenvalue weighted by Gasteiger charge is 2.13. The first-order valence-corrected chi connectivity index (χ1v) is 9.27. The van der Waals surface area contributed by atoms with E-state index in [9.17, 15) is 9.90 Å². The second-order valence-electron chi connectivity index (χ2n) is 6.34. The largest absolute Gasteiger partial charge is 0.507 e. The van der Waals surface area contributed by atoms with Crippen molar-refractivity contribution in [3.05, 3.63) is 95.0 Å². The molecule has 0 spiro atoms. The summed E-state index contributed by atoms with van der Waals surface area (Å²) in [4.78, 5) is 17.5. The molecule has 0 atom stereocenters. The van der Waals surface area contributed by atoms with E-state index in [-0.39, 0.29) is 11.7 Å². The van der Waals surface area contributed by atoms with Gasteiger partial charge in [-0.15, -0.1) is 0 Å². The Balaban J connectivity index is 1.69. The van der Waals surface area contributed by atoms with Gasteiger partial charge >= 0.3 is 0 Å². The number of rotatable bonds is 4. The molecule has 2 N–H and O–H groups in total. The molecule has 3 aromatic carbocycles. The van der Waals surface area contributed by atoms with Gasteiger partial charge in [-0.25, -0.2) is 10.4 Å². The number of phenols is 1. The Morgan fingerprint density at radius 2 is 1.72 bits per heavy atom. The van der Waals surface area contributed by atoms with Gasteiger partial charge in [-0.1, -0.05) is 54.1 Å². The average molecular weight is 402 g/mol. The number of hydrogen-bond acceptors (Lipinski definition) is 4. The molecule has 4 aromatic rings. The van der Waals surface area contributed by atoms with Crippen molar-refractivity contribution in [2.24, 2.45) is 5.10 Å². The first kappa shape index (κ1) is 18.7. The molecule has 0 saturated carbocycles. The van der Waals surface area contributed by atoms with Crippen molar-refractivity contribution in [1.29, 1.82) is 0 Å². The summed E-state index contributed by atoms with van der Waals surface area (Å²) in [6, 6.07) is 23.2. The molecule has 0 fully saturated rings. The zero-order chi connectivity index (χ0) is 20.2. The van der Waals surface area contributed by atoms with Gasteiger partial charge in [0.15, 0.2) is 0 Å². The summed E-state index contributed by atoms with van der Waals surface area (Å²) in [5.41, 5.74) is 5.71. The molecule has 1 amide bonds. The predicted molar refractivity (Wildman–Crippen MR) is 115 cm³/mol. The standard InChI is InChI=1S/C23H16ClN3O2/c24-17-11-9-15(10-12-17)21-13-19(18-6-2-3-7-20(18)26-21)23(29)27-25-14-16-5-1-4-8-22(16)28/h1-14,28H,(H,27,29)/b25-14+. The lowest BCUT2D eigenvalue weighted by Crippen LogP contribution is -2.18. The number of para-hydroxylation sites is 2. The molecule has 29 heavy (non-hydrogen) atoms. The van der Waals surface area contributed by atoms with E-state index in [1.165, 1.54) is 6.21 Å². The Morgan fingerprint density at radius 1 is 1.00 bits per heavy atom. The third-order valence-corrected chi connectivity index (χ3v) is 4.66. The Labute approximate surface area is 172 Å². The number of nitrogens with one attached hydrogen (secondary N) is 1. The molecule has 0 radical (unpaired) electrons. The number of halogens is 1. The summed E-state index contributed by atoms with van der Waals surface area (Å²) in [7, 11) is 0. The highest BCUT2D eigenvalue weighted by Crippen LogP contribution is 2.26. The molecule has 1 heterocycles. The van der Waals surface area contributed by atoms with Crippen molar-refractivity contribution in [2.45, 2.75) is 0 Å². The van der Waals surface area contributed by atoms with Crippen LogP contribution in [0.15, 0.2) is 84.0 Å². The van der Waals surface area contributed by atoms with Crippen LogP contribution in [-0.2, 0) is 0 Å². The first-order valence-electron chi connectivity index (χ1n) is 8.89. The maximum Gasteiger partial charge on any atom is 0.272 e. The van der Waals surface area contributed by atoms with E-state index in [0.29, 0.717) is 27.4 Å². The molecular weight excluding hydrogens is 386 g/mol. The van der Waals surface area contributed by atoms with E-state index >= 15 is 0 Å². The van der Waals surface area contributed by atoms with Crippen LogP contribution in [0.4, 0.5) is 0 Å². The fourth-order valence-electron chi connectivity index (χ4n) is 2.95. The number of fused-ring (bicyclic) bond motifs is 1. The molecule has 1 aromatic heterocycles. The number of hydrazone groups is 1. The third-order valence-electron chi connectivity index (χ3n) is 4.41. The molecule has 6 heteroatoms. The Bertz CT molecular complexity index is 1220. The number of pyridine rings is 1. The highest BCUT2D eigenvalue weighted by atomic mass is 35.5. The molecule has 0 aliphatic heterocycles. The van der Waals surface area contributed by atoms with E-state index in [0.717, 1.165) is 10.9 Å². The summed E-state index contributed by atoms with van der Waals surface area (Å²) >= 11 is 5.98. The van der Waals surface area contributed by atoms with Crippen molar-refractivity contribution in [1.82, 2.24) is 10.4 Å². The van der Waals surface area contributed by atoms with Gasteiger partial charge in [-0.2, -0.15) is 5.10 Å². The average Bonchev–Trinajstić information content (AvgIpc) is 2.74. The predicted octanol–water partition coefficient (Wildman–Crippen LogP) is 5.02. The van der Waals surface area contributed by atoms with Crippen LogP contribution in [0.2, 0.25) is 5.02 Å². The van der Waals surface area contributed by atoms with Crippen LogP contribution in [-0.4, -0.2) is 22.2 Å². The molecule has 0 bridgehead atoms. The van der Waals surface area contributed by atoms with Crippen molar-refractivity contribution in [2.75, 3.05) is 0 Å². The zero-order valence-electron chi connectivity index (χ0n) is 15.2. The molecule has 0 unspecified atom stereocenters. The van der Waals surface area contributed by atoms with Crippen LogP contribution in [0.1, 0.15) is 15.9 Å². The summed E-state index contributed by atoms with van der Waals surface area (Å²) < 4.78 is 0. The molecule has 0 saturated heterocycles. The van der Waals surface area contributed by atoms with Crippen LogP contribution in [0, 0.1) is 0 Å². The number of hydrogen-bond donors (Lipinski definition) is 2. The van der Waals surface area contributed by atoms with Crippen molar-refractivity contribution in [3.8, 4) is 17.0 Å². The summed E-state index contributed by atoms with van der Waals surface area (Å²) in [5.74, 6) is -0.282. The topological polar surface area (TPSA) is 74.6 Å². The van der Waals surface area contributed by atoms with Crippen molar-refractivity contribution < 1.29 is 9.90 Å². The molecule has 0 aliphatic carbocycles. The SMILES string of the molecule is O=C(N/N=C/c1ccccc1O)c1cc(-c2ccc(Cl)cc2)nc2ccccc12. The number of carbonyl (C=O) groups excluding carboxylic acids is 1. The molecule has 4 rings (SSSR count). The fraction of sp³-hybridized carbons (Fsp3) is 0. The maximum absolute atomic E-state index is 12.8. The lowest BCUT2D eigenvalue weighted by molar-refractivity contribution is 0.0956. The van der Waals surface area contributed by atoms with Gasteiger partial charge in [0.1, 0.15) is 5.75 Å². The van der Waals surface area contributed by atoms with Gasteiger partial charge in [-0.05, 0) is 36.4 Å². The van der Waals surface area contributed by atoms with Crippen molar-refractivity contribution in [3.63, 3.8) is 0 Å². The third kappa shape index (κ3) is 4.10. The second kappa shape index (κ2) is 8.12. The van der Waals surface area contributed by atoms with E-state index < -0.39 is 0 Å². The number of carbonyl (C=O) groups is 1. The number of nitrogens with zero attached hydrogens (tertiary/aromatic N) is 2. The van der Waals surface area contributed by atoms with Gasteiger partial charge in [0.25, 0.3) is 5.91 Å². The smallest absolute Gasteiger partial charge is 0.272 e. The number of benzene rings is 3.